The topological polar surface area (TPSA) is 31.0 Å². The van der Waals surface area contributed by atoms with E-state index in [1.54, 1.807) is 0 Å². The van der Waals surface area contributed by atoms with Crippen LogP contribution in [0.1, 0.15) is 61.8 Å². The second-order valence-corrected chi connectivity index (χ2v) is 14.5. The van der Waals surface area contributed by atoms with Gasteiger partial charge in [-0.1, -0.05) is 107 Å². The summed E-state index contributed by atoms with van der Waals surface area (Å²) in [6.45, 7) is 13.7. The predicted molar refractivity (Wildman–Crippen MR) is 212 cm³/mol. The first-order chi connectivity index (χ1) is 24.3. The van der Waals surface area contributed by atoms with Gasteiger partial charge in [0.05, 0.1) is 22.3 Å². The van der Waals surface area contributed by atoms with Gasteiger partial charge < -0.3 is 4.42 Å². The van der Waals surface area contributed by atoms with E-state index >= 15 is 0 Å². The molecule has 0 amide bonds. The lowest BCUT2D eigenvalue weighted by Gasteiger charge is -2.24. The highest BCUT2D eigenvalue weighted by Gasteiger charge is 2.26. The molecule has 9 aromatic rings. The van der Waals surface area contributed by atoms with Crippen molar-refractivity contribution in [3.8, 4) is 28.2 Å². The molecule has 0 radical (unpaired) electrons. The molecule has 0 saturated carbocycles. The third-order valence-corrected chi connectivity index (χ3v) is 10.7. The van der Waals surface area contributed by atoms with Gasteiger partial charge in [-0.3, -0.25) is 4.57 Å². The summed E-state index contributed by atoms with van der Waals surface area (Å²) in [5.41, 5.74) is 13.6. The molecule has 2 aromatic heterocycles. The number of hydrogen-bond donors (Lipinski definition) is 0. The fourth-order valence-electron chi connectivity index (χ4n) is 7.96. The van der Waals surface area contributed by atoms with Crippen LogP contribution in [0.15, 0.2) is 126 Å². The van der Waals surface area contributed by atoms with Crippen molar-refractivity contribution >= 4 is 54.5 Å². The minimum atomic E-state index is 0.286. The molecule has 50 heavy (non-hydrogen) atoms. The van der Waals surface area contributed by atoms with E-state index in [1.165, 1.54) is 60.6 Å². The van der Waals surface area contributed by atoms with Crippen LogP contribution in [-0.2, 0) is 0 Å². The van der Waals surface area contributed by atoms with E-state index in [0.29, 0.717) is 0 Å². The smallest absolute Gasteiger partial charge is 0.149 e. The van der Waals surface area contributed by atoms with E-state index in [1.807, 2.05) is 0 Å². The molecule has 0 aliphatic heterocycles. The number of fused-ring (bicyclic) bond motifs is 7. The van der Waals surface area contributed by atoms with Crippen molar-refractivity contribution in [2.24, 2.45) is 0 Å². The fraction of sp³-hybridized carbons (Fsp3) is 0.170. The Balaban J connectivity index is 1.39. The molecule has 0 saturated heterocycles. The molecule has 7 aromatic carbocycles. The van der Waals surface area contributed by atoms with Gasteiger partial charge in [-0.2, -0.15) is 0 Å². The molecule has 0 aliphatic rings. The van der Waals surface area contributed by atoms with Crippen molar-refractivity contribution in [3.63, 3.8) is 0 Å². The Kier molecular flexibility index (Phi) is 6.96. The second kappa shape index (κ2) is 11.5. The van der Waals surface area contributed by atoms with Gasteiger partial charge in [0.1, 0.15) is 17.0 Å². The molecule has 0 bridgehead atoms. The molecule has 3 heteroatoms. The lowest BCUT2D eigenvalue weighted by atomic mass is 9.88. The van der Waals surface area contributed by atoms with E-state index in [0.717, 1.165) is 44.4 Å². The fourth-order valence-corrected chi connectivity index (χ4v) is 7.96. The Hall–Kier alpha value is -5.67. The van der Waals surface area contributed by atoms with Crippen LogP contribution < -0.4 is 0 Å². The summed E-state index contributed by atoms with van der Waals surface area (Å²) in [6.07, 6.45) is 0. The molecular formula is C47H40N2O. The number of aryl methyl sites for hydroxylation is 2. The van der Waals surface area contributed by atoms with Crippen molar-refractivity contribution in [1.29, 1.82) is 0 Å². The van der Waals surface area contributed by atoms with Gasteiger partial charge in [0.15, 0.2) is 0 Å². The predicted octanol–water partition coefficient (Wildman–Crippen LogP) is 13.4. The first-order valence-corrected chi connectivity index (χ1v) is 17.8. The van der Waals surface area contributed by atoms with Crippen LogP contribution in [-0.4, -0.2) is 9.55 Å². The van der Waals surface area contributed by atoms with E-state index in [-0.39, 0.29) is 11.8 Å². The van der Waals surface area contributed by atoms with Crippen LogP contribution in [0, 0.1) is 13.8 Å². The minimum Gasteiger partial charge on any atom is -0.455 e. The number of para-hydroxylation sites is 2. The quantitative estimate of drug-likeness (QED) is 0.174. The lowest BCUT2D eigenvalue weighted by molar-refractivity contribution is 0.669. The standard InChI is InChI=1S/C47H40N2O/c1-27(2)36-24-34(31-14-8-7-9-15-31)25-37(28(3)4)45(36)49-42-19-13-12-18-41(42)48-47(49)40-22-29(5)30(6)44-39-23-33-21-20-32-16-10-11-17-35(32)38(33)26-43(39)50-46(40)44/h7-28H,1-6H3. The number of furan rings is 1. The first kappa shape index (κ1) is 30.4. The van der Waals surface area contributed by atoms with Crippen LogP contribution in [0.25, 0.3) is 82.7 Å². The summed E-state index contributed by atoms with van der Waals surface area (Å²) < 4.78 is 9.42. The molecule has 0 spiro atoms. The van der Waals surface area contributed by atoms with E-state index in [4.69, 9.17) is 9.40 Å². The summed E-state index contributed by atoms with van der Waals surface area (Å²) >= 11 is 0. The van der Waals surface area contributed by atoms with Gasteiger partial charge in [0.25, 0.3) is 0 Å². The van der Waals surface area contributed by atoms with Crippen LogP contribution >= 0.6 is 0 Å². The van der Waals surface area contributed by atoms with Gasteiger partial charge in [0.2, 0.25) is 0 Å². The SMILES string of the molecule is Cc1cc(-c2nc3ccccc3n2-c2c(C(C)C)cc(-c3ccccc3)cc2C(C)C)c2oc3cc4c(ccc5ccccc54)cc3c2c1C. The number of hydrogen-bond acceptors (Lipinski definition) is 2. The minimum absolute atomic E-state index is 0.286. The summed E-state index contributed by atoms with van der Waals surface area (Å²) in [7, 11) is 0. The molecule has 0 atom stereocenters. The maximum Gasteiger partial charge on any atom is 0.149 e. The average Bonchev–Trinajstić information content (AvgIpc) is 3.70. The van der Waals surface area contributed by atoms with Crippen LogP contribution in [0.2, 0.25) is 0 Å². The number of nitrogens with zero attached hydrogens (tertiary/aromatic N) is 2. The molecule has 3 nitrogen and oxygen atoms in total. The molecule has 0 unspecified atom stereocenters. The average molecular weight is 649 g/mol. The Morgan fingerprint density at radius 2 is 1.28 bits per heavy atom. The zero-order valence-electron chi connectivity index (χ0n) is 29.5. The van der Waals surface area contributed by atoms with Gasteiger partial charge in [0, 0.05) is 10.8 Å². The lowest BCUT2D eigenvalue weighted by Crippen LogP contribution is -2.09. The highest BCUT2D eigenvalue weighted by atomic mass is 16.3. The van der Waals surface area contributed by atoms with Crippen molar-refractivity contribution < 1.29 is 4.42 Å². The monoisotopic (exact) mass is 648 g/mol. The molecule has 0 fully saturated rings. The number of imidazole rings is 1. The molecule has 9 rings (SSSR count). The van der Waals surface area contributed by atoms with Gasteiger partial charge in [-0.25, -0.2) is 4.98 Å². The Morgan fingerprint density at radius 3 is 2.04 bits per heavy atom. The Morgan fingerprint density at radius 1 is 0.600 bits per heavy atom. The molecule has 0 N–H and O–H groups in total. The van der Waals surface area contributed by atoms with Gasteiger partial charge in [-0.15, -0.1) is 0 Å². The van der Waals surface area contributed by atoms with E-state index in [9.17, 15) is 0 Å². The molecule has 0 aliphatic carbocycles. The molecule has 2 heterocycles. The van der Waals surface area contributed by atoms with Gasteiger partial charge >= 0.3 is 0 Å². The van der Waals surface area contributed by atoms with Crippen molar-refractivity contribution in [3.05, 3.63) is 144 Å². The summed E-state index contributed by atoms with van der Waals surface area (Å²) in [5.74, 6) is 1.48. The van der Waals surface area contributed by atoms with Crippen molar-refractivity contribution in [1.82, 2.24) is 9.55 Å². The largest absolute Gasteiger partial charge is 0.455 e. The maximum absolute atomic E-state index is 7.00. The maximum atomic E-state index is 7.00. The van der Waals surface area contributed by atoms with Crippen LogP contribution in [0.3, 0.4) is 0 Å². The zero-order valence-corrected chi connectivity index (χ0v) is 29.5. The highest BCUT2D eigenvalue weighted by molar-refractivity contribution is 6.18. The van der Waals surface area contributed by atoms with Crippen LogP contribution in [0.4, 0.5) is 0 Å². The summed E-state index contributed by atoms with van der Waals surface area (Å²) in [6, 6.07) is 44.0. The van der Waals surface area contributed by atoms with Crippen LogP contribution in [0.5, 0.6) is 0 Å². The number of aromatic nitrogens is 2. The first-order valence-electron chi connectivity index (χ1n) is 17.8. The third-order valence-electron chi connectivity index (χ3n) is 10.7. The Bertz CT molecular complexity index is 2750. The zero-order chi connectivity index (χ0) is 34.3. The molecular weight excluding hydrogens is 609 g/mol. The van der Waals surface area contributed by atoms with E-state index < -0.39 is 0 Å². The third kappa shape index (κ3) is 4.60. The number of rotatable bonds is 5. The van der Waals surface area contributed by atoms with Crippen molar-refractivity contribution in [2.45, 2.75) is 53.4 Å². The summed E-state index contributed by atoms with van der Waals surface area (Å²) in [4.78, 5) is 5.43. The van der Waals surface area contributed by atoms with E-state index in [2.05, 4.69) is 167 Å². The normalized spacial score (nSPS) is 12.2. The second-order valence-electron chi connectivity index (χ2n) is 14.5. The number of benzene rings is 7. The molecule has 244 valence electrons. The van der Waals surface area contributed by atoms with Crippen molar-refractivity contribution in [2.75, 3.05) is 0 Å². The summed E-state index contributed by atoms with van der Waals surface area (Å²) in [5, 5.41) is 7.21. The Labute approximate surface area is 292 Å². The van der Waals surface area contributed by atoms with Gasteiger partial charge in [-0.05, 0) is 123 Å². The highest BCUT2D eigenvalue weighted by Crippen LogP contribution is 2.45.